The predicted octanol–water partition coefficient (Wildman–Crippen LogP) is 4.93. The first-order chi connectivity index (χ1) is 9.47. The van der Waals surface area contributed by atoms with Crippen LogP contribution in [0.5, 0.6) is 5.75 Å². The number of ether oxygens (including phenoxy) is 1. The standard InChI is InChI=1S/C16H16Cl2O2/c1-10-3-5-13(11(2)19)16(7-10)20-9-12-4-6-14(17)15(18)8-12/h3-8,11,19H,9H2,1-2H3/t11-/m1/s1. The Morgan fingerprint density at radius 1 is 1.10 bits per heavy atom. The van der Waals surface area contributed by atoms with Gasteiger partial charge in [-0.15, -0.1) is 0 Å². The van der Waals surface area contributed by atoms with Crippen molar-refractivity contribution in [1.29, 1.82) is 0 Å². The molecular weight excluding hydrogens is 295 g/mol. The second kappa shape index (κ2) is 6.49. The molecule has 0 bridgehead atoms. The molecule has 0 aliphatic heterocycles. The van der Waals surface area contributed by atoms with Crippen LogP contribution in [-0.4, -0.2) is 5.11 Å². The summed E-state index contributed by atoms with van der Waals surface area (Å²) >= 11 is 11.9. The normalized spacial score (nSPS) is 12.2. The molecule has 1 atom stereocenters. The second-order valence-electron chi connectivity index (χ2n) is 4.75. The van der Waals surface area contributed by atoms with Crippen molar-refractivity contribution in [2.75, 3.05) is 0 Å². The van der Waals surface area contributed by atoms with Gasteiger partial charge in [0, 0.05) is 5.56 Å². The van der Waals surface area contributed by atoms with E-state index in [1.165, 1.54) is 0 Å². The van der Waals surface area contributed by atoms with Crippen LogP contribution in [0.1, 0.15) is 29.7 Å². The zero-order valence-electron chi connectivity index (χ0n) is 11.4. The number of aliphatic hydroxyl groups excluding tert-OH is 1. The number of aliphatic hydroxyl groups is 1. The van der Waals surface area contributed by atoms with E-state index in [0.717, 1.165) is 16.7 Å². The number of aryl methyl sites for hydroxylation is 1. The average Bonchev–Trinajstić information content (AvgIpc) is 2.40. The Balaban J connectivity index is 2.17. The van der Waals surface area contributed by atoms with Crippen molar-refractivity contribution in [3.63, 3.8) is 0 Å². The Morgan fingerprint density at radius 2 is 1.85 bits per heavy atom. The number of benzene rings is 2. The number of hydrogen-bond donors (Lipinski definition) is 1. The van der Waals surface area contributed by atoms with Gasteiger partial charge in [-0.1, -0.05) is 41.4 Å². The van der Waals surface area contributed by atoms with Crippen molar-refractivity contribution in [2.45, 2.75) is 26.6 Å². The maximum atomic E-state index is 9.75. The minimum Gasteiger partial charge on any atom is -0.489 e. The summed E-state index contributed by atoms with van der Waals surface area (Å²) in [6, 6.07) is 11.1. The third kappa shape index (κ3) is 3.66. The molecule has 2 rings (SSSR count). The van der Waals surface area contributed by atoms with Gasteiger partial charge in [0.25, 0.3) is 0 Å². The molecule has 0 aromatic heterocycles. The van der Waals surface area contributed by atoms with Gasteiger partial charge in [-0.25, -0.2) is 0 Å². The van der Waals surface area contributed by atoms with Crippen molar-refractivity contribution in [3.05, 3.63) is 63.1 Å². The summed E-state index contributed by atoms with van der Waals surface area (Å²) in [7, 11) is 0. The third-order valence-corrected chi connectivity index (χ3v) is 3.74. The van der Waals surface area contributed by atoms with Crippen molar-refractivity contribution in [1.82, 2.24) is 0 Å². The van der Waals surface area contributed by atoms with Crippen molar-refractivity contribution < 1.29 is 9.84 Å². The van der Waals surface area contributed by atoms with Gasteiger partial charge >= 0.3 is 0 Å². The van der Waals surface area contributed by atoms with Crippen LogP contribution in [0, 0.1) is 6.92 Å². The summed E-state index contributed by atoms with van der Waals surface area (Å²) in [5, 5.41) is 10.8. The molecule has 2 aromatic rings. The highest BCUT2D eigenvalue weighted by Gasteiger charge is 2.10. The molecule has 2 aromatic carbocycles. The molecule has 0 aliphatic carbocycles. The molecule has 1 N–H and O–H groups in total. The molecule has 0 spiro atoms. The van der Waals surface area contributed by atoms with Crippen LogP contribution >= 0.6 is 23.2 Å². The van der Waals surface area contributed by atoms with Gasteiger partial charge in [-0.05, 0) is 43.2 Å². The van der Waals surface area contributed by atoms with E-state index in [4.69, 9.17) is 27.9 Å². The van der Waals surface area contributed by atoms with Crippen LogP contribution in [0.3, 0.4) is 0 Å². The molecule has 106 valence electrons. The Kier molecular flexibility index (Phi) is 4.92. The average molecular weight is 311 g/mol. The molecule has 0 heterocycles. The Hall–Kier alpha value is -1.22. The predicted molar refractivity (Wildman–Crippen MR) is 82.6 cm³/mol. The van der Waals surface area contributed by atoms with E-state index in [-0.39, 0.29) is 0 Å². The summed E-state index contributed by atoms with van der Waals surface area (Å²) < 4.78 is 5.80. The van der Waals surface area contributed by atoms with Gasteiger partial charge < -0.3 is 9.84 Å². The summed E-state index contributed by atoms with van der Waals surface area (Å²) in [5.74, 6) is 0.686. The highest BCUT2D eigenvalue weighted by Crippen LogP contribution is 2.28. The van der Waals surface area contributed by atoms with E-state index in [1.807, 2.05) is 31.2 Å². The number of hydrogen-bond acceptors (Lipinski definition) is 2. The Labute approximate surface area is 128 Å². The molecule has 4 heteroatoms. The second-order valence-corrected chi connectivity index (χ2v) is 5.57. The fourth-order valence-corrected chi connectivity index (χ4v) is 2.22. The van der Waals surface area contributed by atoms with E-state index >= 15 is 0 Å². The quantitative estimate of drug-likeness (QED) is 0.867. The van der Waals surface area contributed by atoms with Crippen molar-refractivity contribution >= 4 is 23.2 Å². The van der Waals surface area contributed by atoms with Crippen LogP contribution in [0.15, 0.2) is 36.4 Å². The zero-order chi connectivity index (χ0) is 14.7. The van der Waals surface area contributed by atoms with Crippen molar-refractivity contribution in [3.8, 4) is 5.75 Å². The van der Waals surface area contributed by atoms with Crippen LogP contribution in [0.2, 0.25) is 10.0 Å². The molecule has 0 amide bonds. The molecular formula is C16H16Cl2O2. The lowest BCUT2D eigenvalue weighted by Crippen LogP contribution is -2.01. The minimum atomic E-state index is -0.570. The number of rotatable bonds is 4. The lowest BCUT2D eigenvalue weighted by molar-refractivity contribution is 0.190. The third-order valence-electron chi connectivity index (χ3n) is 3.00. The highest BCUT2D eigenvalue weighted by molar-refractivity contribution is 6.42. The topological polar surface area (TPSA) is 29.5 Å². The SMILES string of the molecule is Cc1ccc([C@@H](C)O)c(OCc2ccc(Cl)c(Cl)c2)c1. The first-order valence-corrected chi connectivity index (χ1v) is 7.08. The molecule has 0 aliphatic rings. The molecule has 2 nitrogen and oxygen atoms in total. The monoisotopic (exact) mass is 310 g/mol. The minimum absolute atomic E-state index is 0.375. The molecule has 0 fully saturated rings. The van der Waals surface area contributed by atoms with Gasteiger partial charge in [-0.2, -0.15) is 0 Å². The fourth-order valence-electron chi connectivity index (χ4n) is 1.90. The summed E-state index contributed by atoms with van der Waals surface area (Å²) in [6.45, 7) is 4.08. The number of halogens is 2. The molecule has 0 unspecified atom stereocenters. The van der Waals surface area contributed by atoms with Gasteiger partial charge in [0.1, 0.15) is 12.4 Å². The van der Waals surface area contributed by atoms with Crippen LogP contribution < -0.4 is 4.74 Å². The fraction of sp³-hybridized carbons (Fsp3) is 0.250. The lowest BCUT2D eigenvalue weighted by atomic mass is 10.1. The highest BCUT2D eigenvalue weighted by atomic mass is 35.5. The Bertz CT molecular complexity index is 609. The van der Waals surface area contributed by atoms with Crippen LogP contribution in [-0.2, 0) is 6.61 Å². The Morgan fingerprint density at radius 3 is 2.50 bits per heavy atom. The van der Waals surface area contributed by atoms with E-state index in [9.17, 15) is 5.11 Å². The van der Waals surface area contributed by atoms with E-state index < -0.39 is 6.10 Å². The van der Waals surface area contributed by atoms with E-state index in [1.54, 1.807) is 19.1 Å². The van der Waals surface area contributed by atoms with E-state index in [2.05, 4.69) is 0 Å². The lowest BCUT2D eigenvalue weighted by Gasteiger charge is -2.14. The molecule has 0 saturated heterocycles. The molecule has 20 heavy (non-hydrogen) atoms. The van der Waals surface area contributed by atoms with Gasteiger partial charge in [0.05, 0.1) is 16.1 Å². The summed E-state index contributed by atoms with van der Waals surface area (Å²) in [4.78, 5) is 0. The maximum Gasteiger partial charge on any atom is 0.125 e. The summed E-state index contributed by atoms with van der Waals surface area (Å²) in [6.07, 6.45) is -0.570. The van der Waals surface area contributed by atoms with Gasteiger partial charge in [-0.3, -0.25) is 0 Å². The van der Waals surface area contributed by atoms with Gasteiger partial charge in [0.15, 0.2) is 0 Å². The molecule has 0 saturated carbocycles. The largest absolute Gasteiger partial charge is 0.489 e. The van der Waals surface area contributed by atoms with Crippen LogP contribution in [0.4, 0.5) is 0 Å². The summed E-state index contributed by atoms with van der Waals surface area (Å²) in [5.41, 5.74) is 2.78. The van der Waals surface area contributed by atoms with Crippen molar-refractivity contribution in [2.24, 2.45) is 0 Å². The zero-order valence-corrected chi connectivity index (χ0v) is 12.9. The molecule has 0 radical (unpaired) electrons. The smallest absolute Gasteiger partial charge is 0.125 e. The first-order valence-electron chi connectivity index (χ1n) is 6.32. The maximum absolute atomic E-state index is 9.75. The van der Waals surface area contributed by atoms with Crippen LogP contribution in [0.25, 0.3) is 0 Å². The van der Waals surface area contributed by atoms with E-state index in [0.29, 0.717) is 22.4 Å². The van der Waals surface area contributed by atoms with Gasteiger partial charge in [0.2, 0.25) is 0 Å². The first kappa shape index (κ1) is 15.2.